The molecule has 0 aromatic heterocycles. The molecule has 0 saturated carbocycles. The topological polar surface area (TPSA) is 29.5 Å². The summed E-state index contributed by atoms with van der Waals surface area (Å²) in [5.41, 5.74) is 0.312. The third kappa shape index (κ3) is 2.68. The fourth-order valence-electron chi connectivity index (χ4n) is 1.87. The standard InChI is InChI=1S/C12H12BrClFNO2/c13-11-9(2-1-3-10(11)15)12(17)16-4-5-18-7-8(16)6-14/h1-3,8H,4-7H2. The van der Waals surface area contributed by atoms with Gasteiger partial charge in [0.15, 0.2) is 0 Å². The Balaban J connectivity index is 2.27. The minimum atomic E-state index is -0.448. The van der Waals surface area contributed by atoms with Gasteiger partial charge in [-0.1, -0.05) is 6.07 Å². The number of halogens is 3. The highest BCUT2D eigenvalue weighted by atomic mass is 79.9. The van der Waals surface area contributed by atoms with E-state index in [1.54, 1.807) is 11.0 Å². The number of benzene rings is 1. The normalized spacial score (nSPS) is 19.9. The van der Waals surface area contributed by atoms with Crippen molar-refractivity contribution in [1.82, 2.24) is 4.90 Å². The van der Waals surface area contributed by atoms with Crippen LogP contribution in [-0.4, -0.2) is 42.5 Å². The van der Waals surface area contributed by atoms with E-state index in [9.17, 15) is 9.18 Å². The third-order valence-corrected chi connectivity index (χ3v) is 4.01. The number of ether oxygens (including phenoxy) is 1. The number of amides is 1. The predicted octanol–water partition coefficient (Wildman–Crippen LogP) is 2.67. The van der Waals surface area contributed by atoms with E-state index in [2.05, 4.69) is 15.9 Å². The molecule has 6 heteroatoms. The quantitative estimate of drug-likeness (QED) is 0.777. The Morgan fingerprint density at radius 3 is 3.11 bits per heavy atom. The average Bonchev–Trinajstić information content (AvgIpc) is 2.41. The maximum Gasteiger partial charge on any atom is 0.255 e. The summed E-state index contributed by atoms with van der Waals surface area (Å²) in [7, 11) is 0. The first-order valence-corrected chi connectivity index (χ1v) is 6.86. The van der Waals surface area contributed by atoms with Crippen molar-refractivity contribution in [3.05, 3.63) is 34.1 Å². The molecule has 2 rings (SSSR count). The Hall–Kier alpha value is -0.650. The van der Waals surface area contributed by atoms with Crippen LogP contribution in [0.15, 0.2) is 22.7 Å². The molecule has 0 aliphatic carbocycles. The Labute approximate surface area is 118 Å². The summed E-state index contributed by atoms with van der Waals surface area (Å²) < 4.78 is 18.9. The Morgan fingerprint density at radius 1 is 1.61 bits per heavy atom. The van der Waals surface area contributed by atoms with Gasteiger partial charge in [-0.15, -0.1) is 11.6 Å². The van der Waals surface area contributed by atoms with Crippen molar-refractivity contribution in [1.29, 1.82) is 0 Å². The zero-order chi connectivity index (χ0) is 13.1. The summed E-state index contributed by atoms with van der Waals surface area (Å²) in [5, 5.41) is 0. The SMILES string of the molecule is O=C(c1cccc(F)c1Br)N1CCOCC1CCl. The van der Waals surface area contributed by atoms with Gasteiger partial charge in [0, 0.05) is 12.4 Å². The lowest BCUT2D eigenvalue weighted by atomic mass is 10.1. The fourth-order valence-corrected chi connectivity index (χ4v) is 2.56. The van der Waals surface area contributed by atoms with Crippen LogP contribution >= 0.6 is 27.5 Å². The van der Waals surface area contributed by atoms with Crippen molar-refractivity contribution in [2.45, 2.75) is 6.04 Å². The molecule has 98 valence electrons. The Morgan fingerprint density at radius 2 is 2.39 bits per heavy atom. The van der Waals surface area contributed by atoms with Crippen molar-refractivity contribution < 1.29 is 13.9 Å². The van der Waals surface area contributed by atoms with Crippen molar-refractivity contribution >= 4 is 33.4 Å². The second-order valence-electron chi connectivity index (χ2n) is 3.98. The van der Waals surface area contributed by atoms with E-state index in [0.29, 0.717) is 31.2 Å². The van der Waals surface area contributed by atoms with E-state index in [1.165, 1.54) is 12.1 Å². The zero-order valence-electron chi connectivity index (χ0n) is 9.54. The van der Waals surface area contributed by atoms with E-state index >= 15 is 0 Å². The Kier molecular flexibility index (Phi) is 4.59. The van der Waals surface area contributed by atoms with Crippen LogP contribution in [0, 0.1) is 5.82 Å². The molecular formula is C12H12BrClFNO2. The molecule has 3 nitrogen and oxygen atoms in total. The van der Waals surface area contributed by atoms with Crippen LogP contribution in [-0.2, 0) is 4.74 Å². The number of carbonyl (C=O) groups excluding carboxylic acids is 1. The second kappa shape index (κ2) is 5.99. The first-order chi connectivity index (χ1) is 8.65. The van der Waals surface area contributed by atoms with Crippen LogP contribution in [0.3, 0.4) is 0 Å². The molecule has 0 spiro atoms. The van der Waals surface area contributed by atoms with Gasteiger partial charge in [0.25, 0.3) is 5.91 Å². The largest absolute Gasteiger partial charge is 0.377 e. The minimum Gasteiger partial charge on any atom is -0.377 e. The predicted molar refractivity (Wildman–Crippen MR) is 70.5 cm³/mol. The number of hydrogen-bond donors (Lipinski definition) is 0. The summed E-state index contributed by atoms with van der Waals surface area (Å²) in [6.45, 7) is 1.37. The van der Waals surface area contributed by atoms with Crippen LogP contribution in [0.2, 0.25) is 0 Å². The van der Waals surface area contributed by atoms with Gasteiger partial charge in [-0.25, -0.2) is 4.39 Å². The van der Waals surface area contributed by atoms with Gasteiger partial charge in [0.2, 0.25) is 0 Å². The third-order valence-electron chi connectivity index (χ3n) is 2.85. The van der Waals surface area contributed by atoms with E-state index < -0.39 is 5.82 Å². The summed E-state index contributed by atoms with van der Waals surface area (Å²) in [4.78, 5) is 14.0. The molecule has 1 amide bonds. The van der Waals surface area contributed by atoms with Gasteiger partial charge in [0.1, 0.15) is 5.82 Å². The van der Waals surface area contributed by atoms with E-state index in [0.717, 1.165) is 0 Å². The molecule has 1 unspecified atom stereocenters. The molecule has 1 fully saturated rings. The molecule has 0 bridgehead atoms. The van der Waals surface area contributed by atoms with Crippen LogP contribution in [0.1, 0.15) is 10.4 Å². The highest BCUT2D eigenvalue weighted by Gasteiger charge is 2.28. The molecule has 1 aliphatic rings. The van der Waals surface area contributed by atoms with Gasteiger partial charge < -0.3 is 9.64 Å². The van der Waals surface area contributed by atoms with Gasteiger partial charge in [-0.2, -0.15) is 0 Å². The van der Waals surface area contributed by atoms with Crippen molar-refractivity contribution in [3.63, 3.8) is 0 Å². The van der Waals surface area contributed by atoms with Crippen molar-refractivity contribution in [2.75, 3.05) is 25.6 Å². The number of morpholine rings is 1. The van der Waals surface area contributed by atoms with Crippen molar-refractivity contribution in [2.24, 2.45) is 0 Å². The maximum atomic E-state index is 13.4. The van der Waals surface area contributed by atoms with E-state index in [1.807, 2.05) is 0 Å². The first-order valence-electron chi connectivity index (χ1n) is 5.54. The smallest absolute Gasteiger partial charge is 0.255 e. The van der Waals surface area contributed by atoms with Gasteiger partial charge >= 0.3 is 0 Å². The van der Waals surface area contributed by atoms with Crippen LogP contribution in [0.5, 0.6) is 0 Å². The first kappa shape index (κ1) is 13.8. The maximum absolute atomic E-state index is 13.4. The minimum absolute atomic E-state index is 0.164. The number of alkyl halides is 1. The highest BCUT2D eigenvalue weighted by Crippen LogP contribution is 2.23. The number of hydrogen-bond acceptors (Lipinski definition) is 2. The number of rotatable bonds is 2. The second-order valence-corrected chi connectivity index (χ2v) is 5.08. The lowest BCUT2D eigenvalue weighted by Gasteiger charge is -2.34. The molecule has 1 heterocycles. The number of carbonyl (C=O) groups is 1. The van der Waals surface area contributed by atoms with E-state index in [4.69, 9.17) is 16.3 Å². The van der Waals surface area contributed by atoms with Gasteiger partial charge in [0.05, 0.1) is 29.3 Å². The summed E-state index contributed by atoms with van der Waals surface area (Å²) >= 11 is 8.92. The molecule has 0 radical (unpaired) electrons. The van der Waals surface area contributed by atoms with Gasteiger partial charge in [-0.05, 0) is 28.1 Å². The van der Waals surface area contributed by atoms with Crippen LogP contribution in [0.25, 0.3) is 0 Å². The van der Waals surface area contributed by atoms with Crippen LogP contribution in [0.4, 0.5) is 4.39 Å². The molecule has 1 atom stereocenters. The molecular weight excluding hydrogens is 324 g/mol. The zero-order valence-corrected chi connectivity index (χ0v) is 11.9. The summed E-state index contributed by atoms with van der Waals surface area (Å²) in [5.74, 6) is -0.370. The monoisotopic (exact) mass is 335 g/mol. The molecule has 18 heavy (non-hydrogen) atoms. The fraction of sp³-hybridized carbons (Fsp3) is 0.417. The number of nitrogens with zero attached hydrogens (tertiary/aromatic N) is 1. The van der Waals surface area contributed by atoms with Crippen LogP contribution < -0.4 is 0 Å². The molecule has 1 aromatic carbocycles. The molecule has 1 aliphatic heterocycles. The summed E-state index contributed by atoms with van der Waals surface area (Å²) in [6, 6.07) is 4.25. The average molecular weight is 337 g/mol. The Bertz CT molecular complexity index is 458. The molecule has 1 aromatic rings. The summed E-state index contributed by atoms with van der Waals surface area (Å²) in [6.07, 6.45) is 0. The molecule has 0 N–H and O–H groups in total. The lowest BCUT2D eigenvalue weighted by molar-refractivity contribution is 0.00448. The lowest BCUT2D eigenvalue weighted by Crippen LogP contribution is -2.49. The highest BCUT2D eigenvalue weighted by molar-refractivity contribution is 9.10. The molecule has 1 saturated heterocycles. The van der Waals surface area contributed by atoms with E-state index in [-0.39, 0.29) is 16.4 Å². The van der Waals surface area contributed by atoms with Crippen molar-refractivity contribution in [3.8, 4) is 0 Å². The van der Waals surface area contributed by atoms with Gasteiger partial charge in [-0.3, -0.25) is 4.79 Å².